The van der Waals surface area contributed by atoms with Gasteiger partial charge in [-0.3, -0.25) is 9.10 Å². The van der Waals surface area contributed by atoms with Gasteiger partial charge in [0.2, 0.25) is 15.9 Å². The Labute approximate surface area is 170 Å². The van der Waals surface area contributed by atoms with E-state index >= 15 is 0 Å². The summed E-state index contributed by atoms with van der Waals surface area (Å²) in [5, 5.41) is 2.64. The van der Waals surface area contributed by atoms with Gasteiger partial charge in [-0.2, -0.15) is 0 Å². The minimum absolute atomic E-state index is 0.268. The van der Waals surface area contributed by atoms with Crippen LogP contribution in [0.3, 0.4) is 0 Å². The molecule has 0 heterocycles. The Morgan fingerprint density at radius 3 is 2.34 bits per heavy atom. The van der Waals surface area contributed by atoms with Gasteiger partial charge in [0.05, 0.1) is 31.2 Å². The smallest absolute Gasteiger partial charge is 0.337 e. The monoisotopic (exact) mass is 420 g/mol. The lowest BCUT2D eigenvalue weighted by atomic mass is 10.2. The molecule has 0 fully saturated rings. The molecular formula is C20H24N2O6S. The number of ether oxygens (including phenoxy) is 2. The average Bonchev–Trinajstić information content (AvgIpc) is 2.68. The Hall–Kier alpha value is -3.07. The Balaban J connectivity index is 2.26. The number of anilines is 2. The summed E-state index contributed by atoms with van der Waals surface area (Å²) in [6, 6.07) is 11.6. The lowest BCUT2D eigenvalue weighted by Gasteiger charge is -2.28. The maximum absolute atomic E-state index is 12.7. The van der Waals surface area contributed by atoms with Crippen LogP contribution in [0.5, 0.6) is 5.75 Å². The maximum Gasteiger partial charge on any atom is 0.337 e. The van der Waals surface area contributed by atoms with Gasteiger partial charge in [0.1, 0.15) is 11.8 Å². The zero-order chi connectivity index (χ0) is 21.6. The molecule has 0 spiro atoms. The molecule has 1 unspecified atom stereocenters. The molecule has 0 radical (unpaired) electrons. The number of nitrogens with one attached hydrogen (secondary N) is 1. The molecule has 0 aliphatic heterocycles. The molecule has 2 aromatic rings. The summed E-state index contributed by atoms with van der Waals surface area (Å²) in [7, 11) is -2.49. The molecule has 1 amide bonds. The van der Waals surface area contributed by atoms with E-state index in [1.54, 1.807) is 42.5 Å². The zero-order valence-corrected chi connectivity index (χ0v) is 17.5. The lowest BCUT2D eigenvalue weighted by molar-refractivity contribution is -0.116. The fraction of sp³-hybridized carbons (Fsp3) is 0.300. The van der Waals surface area contributed by atoms with Crippen LogP contribution in [-0.2, 0) is 19.6 Å². The van der Waals surface area contributed by atoms with Gasteiger partial charge >= 0.3 is 5.97 Å². The van der Waals surface area contributed by atoms with Crippen LogP contribution in [-0.4, -0.2) is 46.3 Å². The molecule has 0 bridgehead atoms. The van der Waals surface area contributed by atoms with Crippen molar-refractivity contribution in [1.29, 1.82) is 0 Å². The number of hydrogen-bond donors (Lipinski definition) is 1. The first-order valence-corrected chi connectivity index (χ1v) is 10.7. The quantitative estimate of drug-likeness (QED) is 0.659. The van der Waals surface area contributed by atoms with Gasteiger partial charge in [0, 0.05) is 5.69 Å². The Morgan fingerprint density at radius 2 is 1.79 bits per heavy atom. The maximum atomic E-state index is 12.7. The Bertz CT molecular complexity index is 973. The first-order valence-electron chi connectivity index (χ1n) is 8.89. The lowest BCUT2D eigenvalue weighted by Crippen LogP contribution is -2.45. The minimum Gasteiger partial charge on any atom is -0.494 e. The van der Waals surface area contributed by atoms with Crippen molar-refractivity contribution in [1.82, 2.24) is 0 Å². The van der Waals surface area contributed by atoms with Crippen molar-refractivity contribution in [2.75, 3.05) is 29.6 Å². The minimum atomic E-state index is -3.75. The molecular weight excluding hydrogens is 396 g/mol. The SMILES string of the molecule is CCOc1ccc(N(C(C)C(=O)Nc2cccc(C(=O)OC)c2)S(C)(=O)=O)cc1. The van der Waals surface area contributed by atoms with Crippen LogP contribution in [0, 0.1) is 0 Å². The first kappa shape index (κ1) is 22.2. The number of nitrogens with zero attached hydrogens (tertiary/aromatic N) is 1. The second kappa shape index (κ2) is 9.42. The number of rotatable bonds is 8. The van der Waals surface area contributed by atoms with Gasteiger partial charge in [-0.25, -0.2) is 13.2 Å². The fourth-order valence-electron chi connectivity index (χ4n) is 2.75. The fourth-order valence-corrected chi connectivity index (χ4v) is 3.93. The number of carbonyl (C=O) groups excluding carboxylic acids is 2. The third-order valence-electron chi connectivity index (χ3n) is 4.04. The van der Waals surface area contributed by atoms with Crippen LogP contribution in [0.2, 0.25) is 0 Å². The van der Waals surface area contributed by atoms with Crippen LogP contribution in [0.15, 0.2) is 48.5 Å². The van der Waals surface area contributed by atoms with Gasteiger partial charge in [0.15, 0.2) is 0 Å². The predicted molar refractivity (Wildman–Crippen MR) is 111 cm³/mol. The molecule has 0 aliphatic carbocycles. The molecule has 0 saturated heterocycles. The number of carbonyl (C=O) groups is 2. The van der Waals surface area contributed by atoms with Crippen molar-refractivity contribution in [3.8, 4) is 5.75 Å². The summed E-state index contributed by atoms with van der Waals surface area (Å²) in [6.07, 6.45) is 1.03. The third-order valence-corrected chi connectivity index (χ3v) is 5.28. The van der Waals surface area contributed by atoms with Crippen LogP contribution < -0.4 is 14.4 Å². The number of esters is 1. The van der Waals surface area contributed by atoms with E-state index in [9.17, 15) is 18.0 Å². The van der Waals surface area contributed by atoms with E-state index in [2.05, 4.69) is 10.1 Å². The summed E-state index contributed by atoms with van der Waals surface area (Å²) >= 11 is 0. The summed E-state index contributed by atoms with van der Waals surface area (Å²) in [4.78, 5) is 24.4. The molecule has 2 aromatic carbocycles. The molecule has 1 atom stereocenters. The summed E-state index contributed by atoms with van der Waals surface area (Å²) < 4.78 is 35.8. The van der Waals surface area contributed by atoms with Crippen molar-refractivity contribution in [2.45, 2.75) is 19.9 Å². The van der Waals surface area contributed by atoms with Gasteiger partial charge in [-0.05, 0) is 56.3 Å². The molecule has 2 rings (SSSR count). The first-order chi connectivity index (χ1) is 13.7. The number of methoxy groups -OCH3 is 1. The molecule has 9 heteroatoms. The zero-order valence-electron chi connectivity index (χ0n) is 16.7. The van der Waals surface area contributed by atoms with Crippen molar-refractivity contribution in [3.05, 3.63) is 54.1 Å². The van der Waals surface area contributed by atoms with Crippen LogP contribution in [0.1, 0.15) is 24.2 Å². The molecule has 156 valence electrons. The molecule has 1 N–H and O–H groups in total. The number of benzene rings is 2. The highest BCUT2D eigenvalue weighted by Crippen LogP contribution is 2.24. The normalized spacial score (nSPS) is 12.0. The molecule has 0 aromatic heterocycles. The third kappa shape index (κ3) is 5.71. The van der Waals surface area contributed by atoms with Crippen LogP contribution in [0.4, 0.5) is 11.4 Å². The van der Waals surface area contributed by atoms with Crippen molar-refractivity contribution in [3.63, 3.8) is 0 Å². The van der Waals surface area contributed by atoms with E-state index in [0.29, 0.717) is 23.7 Å². The van der Waals surface area contributed by atoms with E-state index in [1.807, 2.05) is 6.92 Å². The van der Waals surface area contributed by atoms with Gasteiger partial charge in [-0.15, -0.1) is 0 Å². The molecule has 0 saturated carbocycles. The van der Waals surface area contributed by atoms with Gasteiger partial charge in [0.25, 0.3) is 0 Å². The largest absolute Gasteiger partial charge is 0.494 e. The summed E-state index contributed by atoms with van der Waals surface area (Å²) in [5.41, 5.74) is 0.955. The van der Waals surface area contributed by atoms with Crippen molar-refractivity contribution < 1.29 is 27.5 Å². The number of sulfonamides is 1. The van der Waals surface area contributed by atoms with E-state index in [4.69, 9.17) is 4.74 Å². The highest BCUT2D eigenvalue weighted by Gasteiger charge is 2.29. The van der Waals surface area contributed by atoms with Crippen molar-refractivity contribution >= 4 is 33.3 Å². The van der Waals surface area contributed by atoms with Crippen molar-refractivity contribution in [2.24, 2.45) is 0 Å². The second-order valence-corrected chi connectivity index (χ2v) is 8.08. The predicted octanol–water partition coefficient (Wildman–Crippen LogP) is 2.67. The van der Waals surface area contributed by atoms with E-state index in [1.165, 1.54) is 20.1 Å². The van der Waals surface area contributed by atoms with Gasteiger partial charge < -0.3 is 14.8 Å². The highest BCUT2D eigenvalue weighted by molar-refractivity contribution is 7.92. The standard InChI is InChI=1S/C20H24N2O6S/c1-5-28-18-11-9-17(10-12-18)22(29(4,25)26)14(2)19(23)21-16-8-6-7-15(13-16)20(24)27-3/h6-14H,5H2,1-4H3,(H,21,23). The highest BCUT2D eigenvalue weighted by atomic mass is 32.2. The summed E-state index contributed by atoms with van der Waals surface area (Å²) in [6.45, 7) is 3.81. The van der Waals surface area contributed by atoms with Crippen LogP contribution in [0.25, 0.3) is 0 Å². The van der Waals surface area contributed by atoms with E-state index in [0.717, 1.165) is 10.6 Å². The van der Waals surface area contributed by atoms with Crippen LogP contribution >= 0.6 is 0 Å². The second-order valence-electron chi connectivity index (χ2n) is 6.22. The molecule has 0 aliphatic rings. The van der Waals surface area contributed by atoms with E-state index < -0.39 is 27.9 Å². The summed E-state index contributed by atoms with van der Waals surface area (Å²) in [5.74, 6) is -0.492. The van der Waals surface area contributed by atoms with Gasteiger partial charge in [-0.1, -0.05) is 6.07 Å². The molecule has 8 nitrogen and oxygen atoms in total. The number of amides is 1. The number of hydrogen-bond acceptors (Lipinski definition) is 6. The molecule has 29 heavy (non-hydrogen) atoms. The Kier molecular flexibility index (Phi) is 7.22. The average molecular weight is 420 g/mol. The topological polar surface area (TPSA) is 102 Å². The van der Waals surface area contributed by atoms with E-state index in [-0.39, 0.29) is 5.56 Å². The Morgan fingerprint density at radius 1 is 1.14 bits per heavy atom.